The van der Waals surface area contributed by atoms with Crippen LogP contribution in [0.4, 0.5) is 0 Å². The summed E-state index contributed by atoms with van der Waals surface area (Å²) in [6.45, 7) is 12.7. The van der Waals surface area contributed by atoms with Crippen LogP contribution in [0.15, 0.2) is 0 Å². The first-order valence-electron chi connectivity index (χ1n) is 10.2. The predicted molar refractivity (Wildman–Crippen MR) is 101 cm³/mol. The largest absolute Gasteiger partial charge is 0.109 e. The fraction of sp³-hybridized carbons (Fsp3) is 1.00. The molecule has 3 aliphatic rings. The van der Waals surface area contributed by atoms with Crippen LogP contribution in [0.2, 0.25) is 0 Å². The lowest BCUT2D eigenvalue weighted by atomic mass is 9.52. The monoisotopic (exact) mass is 322 g/mol. The zero-order chi connectivity index (χ0) is 15.9. The van der Waals surface area contributed by atoms with Gasteiger partial charge in [-0.2, -0.15) is 0 Å². The van der Waals surface area contributed by atoms with E-state index in [2.05, 4.69) is 34.1 Å². The van der Waals surface area contributed by atoms with E-state index >= 15 is 0 Å². The van der Waals surface area contributed by atoms with Gasteiger partial charge in [-0.15, -0.1) is 7.92 Å². The quantitative estimate of drug-likeness (QED) is 0.501. The van der Waals surface area contributed by atoms with Crippen LogP contribution < -0.4 is 0 Å². The molecule has 1 heteroatoms. The molecule has 7 atom stereocenters. The van der Waals surface area contributed by atoms with Crippen molar-refractivity contribution < 1.29 is 0 Å². The molecular formula is C21H39P. The van der Waals surface area contributed by atoms with Crippen LogP contribution in [0.3, 0.4) is 0 Å². The van der Waals surface area contributed by atoms with Crippen LogP contribution >= 0.6 is 7.92 Å². The molecule has 0 saturated heterocycles. The minimum Gasteiger partial charge on any atom is -0.109 e. The Morgan fingerprint density at radius 1 is 0.955 bits per heavy atom. The average Bonchev–Trinajstić information content (AvgIpc) is 2.85. The lowest BCUT2D eigenvalue weighted by Crippen LogP contribution is -2.48. The van der Waals surface area contributed by atoms with Gasteiger partial charge in [-0.1, -0.05) is 40.0 Å². The van der Waals surface area contributed by atoms with E-state index in [1.165, 1.54) is 19.3 Å². The normalized spacial score (nSPS) is 48.3. The summed E-state index contributed by atoms with van der Waals surface area (Å²) >= 11 is 0. The Labute approximate surface area is 141 Å². The van der Waals surface area contributed by atoms with Crippen molar-refractivity contribution in [3.05, 3.63) is 0 Å². The molecule has 0 nitrogen and oxygen atoms in total. The Morgan fingerprint density at radius 3 is 2.36 bits per heavy atom. The third-order valence-electron chi connectivity index (χ3n) is 8.24. The minimum absolute atomic E-state index is 0.252. The SMILES string of the molecule is CCCC1C(CC)CC[C@@H]2C1CCC1(C)C2CCC1P(C)C. The molecule has 0 heterocycles. The van der Waals surface area contributed by atoms with Crippen LogP contribution in [0.1, 0.15) is 78.6 Å². The topological polar surface area (TPSA) is 0 Å². The molecule has 0 N–H and O–H groups in total. The molecule has 0 aromatic carbocycles. The van der Waals surface area contributed by atoms with E-state index in [-0.39, 0.29) is 7.92 Å². The van der Waals surface area contributed by atoms with E-state index < -0.39 is 0 Å². The molecule has 128 valence electrons. The Morgan fingerprint density at radius 2 is 1.73 bits per heavy atom. The zero-order valence-corrected chi connectivity index (χ0v) is 16.7. The first-order valence-corrected chi connectivity index (χ1v) is 12.5. The maximum absolute atomic E-state index is 2.70. The van der Waals surface area contributed by atoms with Gasteiger partial charge in [0.1, 0.15) is 0 Å². The standard InChI is InChI=1S/C21H39P/c1-6-8-16-15(7-2)9-10-18-17(16)13-14-21(3)19(18)11-12-20(21)22(4)5/h15-20H,6-14H2,1-5H3/t15?,16?,17?,18-,19?,20?,21?/m1/s1. The van der Waals surface area contributed by atoms with Crippen LogP contribution in [0, 0.1) is 35.0 Å². The first-order chi connectivity index (χ1) is 10.5. The maximum Gasteiger partial charge on any atom is -0.0157 e. The Balaban J connectivity index is 1.81. The fourth-order valence-electron chi connectivity index (χ4n) is 7.34. The molecule has 6 unspecified atom stereocenters. The predicted octanol–water partition coefficient (Wildman–Crippen LogP) is 6.78. The third-order valence-corrected chi connectivity index (χ3v) is 10.3. The molecule has 0 radical (unpaired) electrons. The van der Waals surface area contributed by atoms with Crippen molar-refractivity contribution in [2.24, 2.45) is 35.0 Å². The van der Waals surface area contributed by atoms with E-state index in [4.69, 9.17) is 0 Å². The van der Waals surface area contributed by atoms with Gasteiger partial charge in [0.05, 0.1) is 0 Å². The van der Waals surface area contributed by atoms with Gasteiger partial charge in [-0.05, 0) is 92.5 Å². The molecule has 0 aromatic heterocycles. The highest BCUT2D eigenvalue weighted by atomic mass is 31.1. The van der Waals surface area contributed by atoms with Crippen LogP contribution in [-0.2, 0) is 0 Å². The second-order valence-corrected chi connectivity index (χ2v) is 11.8. The summed E-state index contributed by atoms with van der Waals surface area (Å²) in [4.78, 5) is 0. The summed E-state index contributed by atoms with van der Waals surface area (Å²) in [7, 11) is 0.252. The van der Waals surface area contributed by atoms with Gasteiger partial charge < -0.3 is 0 Å². The molecule has 0 spiro atoms. The van der Waals surface area contributed by atoms with Gasteiger partial charge in [0.15, 0.2) is 0 Å². The molecular weight excluding hydrogens is 283 g/mol. The van der Waals surface area contributed by atoms with Crippen molar-refractivity contribution in [3.63, 3.8) is 0 Å². The van der Waals surface area contributed by atoms with E-state index in [9.17, 15) is 0 Å². The summed E-state index contributed by atoms with van der Waals surface area (Å²) in [5.74, 6) is 5.39. The van der Waals surface area contributed by atoms with Crippen LogP contribution in [0.5, 0.6) is 0 Å². The van der Waals surface area contributed by atoms with Crippen molar-refractivity contribution in [1.82, 2.24) is 0 Å². The fourth-order valence-corrected chi connectivity index (χ4v) is 9.51. The van der Waals surface area contributed by atoms with Crippen molar-refractivity contribution in [2.75, 3.05) is 13.3 Å². The summed E-state index contributed by atoms with van der Waals surface area (Å²) in [5.41, 5.74) is 1.79. The van der Waals surface area contributed by atoms with Gasteiger partial charge in [0.25, 0.3) is 0 Å². The number of rotatable bonds is 4. The first kappa shape index (κ1) is 17.3. The molecule has 3 aliphatic carbocycles. The van der Waals surface area contributed by atoms with Gasteiger partial charge >= 0.3 is 0 Å². The van der Waals surface area contributed by atoms with E-state index in [1.807, 2.05) is 0 Å². The highest BCUT2D eigenvalue weighted by Crippen LogP contribution is 2.66. The second-order valence-electron chi connectivity index (χ2n) is 9.23. The van der Waals surface area contributed by atoms with Gasteiger partial charge in [0.2, 0.25) is 0 Å². The lowest BCUT2D eigenvalue weighted by Gasteiger charge is -2.55. The molecule has 3 rings (SSSR count). The lowest BCUT2D eigenvalue weighted by molar-refractivity contribution is -0.0393. The number of hydrogen-bond acceptors (Lipinski definition) is 0. The number of hydrogen-bond donors (Lipinski definition) is 0. The highest BCUT2D eigenvalue weighted by Gasteiger charge is 2.56. The minimum atomic E-state index is 0.252. The zero-order valence-electron chi connectivity index (χ0n) is 15.8. The van der Waals surface area contributed by atoms with E-state index in [1.54, 1.807) is 38.5 Å². The van der Waals surface area contributed by atoms with Crippen molar-refractivity contribution in [3.8, 4) is 0 Å². The summed E-state index contributed by atoms with van der Waals surface area (Å²) in [6.07, 6.45) is 13.7. The summed E-state index contributed by atoms with van der Waals surface area (Å²) < 4.78 is 0. The summed E-state index contributed by atoms with van der Waals surface area (Å²) in [6, 6.07) is 0. The number of fused-ring (bicyclic) bond motifs is 3. The van der Waals surface area contributed by atoms with E-state index in [0.29, 0.717) is 5.41 Å². The van der Waals surface area contributed by atoms with Crippen molar-refractivity contribution in [1.29, 1.82) is 0 Å². The molecule has 3 saturated carbocycles. The summed E-state index contributed by atoms with van der Waals surface area (Å²) in [5, 5.41) is 0. The molecule has 0 bridgehead atoms. The molecule has 0 aliphatic heterocycles. The highest BCUT2D eigenvalue weighted by molar-refractivity contribution is 7.56. The Hall–Kier alpha value is 0.430. The third kappa shape index (κ3) is 2.70. The van der Waals surface area contributed by atoms with Gasteiger partial charge in [0, 0.05) is 0 Å². The molecule has 22 heavy (non-hydrogen) atoms. The van der Waals surface area contributed by atoms with Crippen molar-refractivity contribution in [2.45, 2.75) is 84.2 Å². The van der Waals surface area contributed by atoms with Crippen molar-refractivity contribution >= 4 is 7.92 Å². The van der Waals surface area contributed by atoms with Gasteiger partial charge in [-0.3, -0.25) is 0 Å². The van der Waals surface area contributed by atoms with Crippen LogP contribution in [-0.4, -0.2) is 19.0 Å². The van der Waals surface area contributed by atoms with Gasteiger partial charge in [-0.25, -0.2) is 0 Å². The molecule has 3 fully saturated rings. The molecule has 0 aromatic rings. The second kappa shape index (κ2) is 6.74. The van der Waals surface area contributed by atoms with Crippen LogP contribution in [0.25, 0.3) is 0 Å². The smallest absolute Gasteiger partial charge is 0.0157 e. The maximum atomic E-state index is 2.70. The van der Waals surface area contributed by atoms with E-state index in [0.717, 1.165) is 35.2 Å². The molecule has 0 amide bonds. The Bertz CT molecular complexity index is 376. The average molecular weight is 323 g/mol. The Kier molecular flexibility index (Phi) is 5.29.